The van der Waals surface area contributed by atoms with Gasteiger partial charge in [0.05, 0.1) is 11.4 Å². The van der Waals surface area contributed by atoms with Gasteiger partial charge in [-0.25, -0.2) is 8.42 Å². The minimum Gasteiger partial charge on any atom is -0.398 e. The predicted octanol–water partition coefficient (Wildman–Crippen LogP) is 1.43. The van der Waals surface area contributed by atoms with Crippen LogP contribution in [0.3, 0.4) is 0 Å². The van der Waals surface area contributed by atoms with Crippen molar-refractivity contribution in [3.8, 4) is 0 Å². The summed E-state index contributed by atoms with van der Waals surface area (Å²) in [4.78, 5) is 0. The van der Waals surface area contributed by atoms with Gasteiger partial charge in [-0.15, -0.1) is 0 Å². The van der Waals surface area contributed by atoms with E-state index in [9.17, 15) is 8.42 Å². The summed E-state index contributed by atoms with van der Waals surface area (Å²) in [6.45, 7) is 4.39. The number of hydrogen-bond donors (Lipinski definition) is 1. The summed E-state index contributed by atoms with van der Waals surface area (Å²) >= 11 is 0. The summed E-state index contributed by atoms with van der Waals surface area (Å²) in [7, 11) is -3.11. The normalized spacial score (nSPS) is 19.0. The van der Waals surface area contributed by atoms with Crippen LogP contribution in [0.25, 0.3) is 0 Å². The zero-order valence-electron chi connectivity index (χ0n) is 9.53. The molecule has 0 unspecified atom stereocenters. The average Bonchev–Trinajstić information content (AvgIpc) is 2.52. The van der Waals surface area contributed by atoms with Crippen LogP contribution in [0.5, 0.6) is 0 Å². The molecule has 1 saturated heterocycles. The first-order valence-electron chi connectivity index (χ1n) is 5.29. The summed E-state index contributed by atoms with van der Waals surface area (Å²) in [5.74, 6) is 0.236. The minimum atomic E-state index is -3.11. The highest BCUT2D eigenvalue weighted by atomic mass is 32.2. The molecule has 0 aliphatic carbocycles. The van der Waals surface area contributed by atoms with E-state index in [0.29, 0.717) is 18.7 Å². The summed E-state index contributed by atoms with van der Waals surface area (Å²) < 4.78 is 25.1. The second-order valence-corrected chi connectivity index (χ2v) is 6.25. The van der Waals surface area contributed by atoms with Crippen LogP contribution in [-0.4, -0.2) is 20.7 Å². The molecule has 0 saturated carbocycles. The van der Waals surface area contributed by atoms with Gasteiger partial charge < -0.3 is 5.73 Å². The fraction of sp³-hybridized carbons (Fsp3) is 0.455. The van der Waals surface area contributed by atoms with Crippen molar-refractivity contribution in [3.63, 3.8) is 0 Å². The van der Waals surface area contributed by atoms with Gasteiger partial charge in [0.15, 0.2) is 0 Å². The molecule has 4 nitrogen and oxygen atoms in total. The third-order valence-electron chi connectivity index (χ3n) is 2.95. The van der Waals surface area contributed by atoms with Crippen molar-refractivity contribution in [3.05, 3.63) is 23.3 Å². The topological polar surface area (TPSA) is 63.4 Å². The maximum atomic E-state index is 11.8. The Morgan fingerprint density at radius 3 is 2.50 bits per heavy atom. The van der Waals surface area contributed by atoms with E-state index in [2.05, 4.69) is 0 Å². The Hall–Kier alpha value is -1.23. The second kappa shape index (κ2) is 3.66. The molecule has 1 aliphatic heterocycles. The fourth-order valence-electron chi connectivity index (χ4n) is 2.04. The summed E-state index contributed by atoms with van der Waals surface area (Å²) in [5, 5.41) is 0. The molecule has 88 valence electrons. The van der Waals surface area contributed by atoms with Crippen LogP contribution in [0.4, 0.5) is 11.4 Å². The van der Waals surface area contributed by atoms with Crippen molar-refractivity contribution < 1.29 is 8.42 Å². The molecule has 16 heavy (non-hydrogen) atoms. The number of hydrogen-bond acceptors (Lipinski definition) is 3. The number of rotatable bonds is 1. The Balaban J connectivity index is 2.53. The molecule has 1 fully saturated rings. The smallest absolute Gasteiger partial charge is 0.235 e. The third-order valence-corrected chi connectivity index (χ3v) is 4.81. The molecule has 0 atom stereocenters. The number of nitrogens with two attached hydrogens (primary N) is 1. The molecule has 0 radical (unpaired) electrons. The van der Waals surface area contributed by atoms with Gasteiger partial charge >= 0.3 is 0 Å². The molecule has 2 N–H and O–H groups in total. The van der Waals surface area contributed by atoms with E-state index in [0.717, 1.165) is 16.8 Å². The number of nitrogens with zero attached hydrogens (tertiary/aromatic N) is 1. The van der Waals surface area contributed by atoms with E-state index in [1.165, 1.54) is 4.31 Å². The van der Waals surface area contributed by atoms with Crippen LogP contribution >= 0.6 is 0 Å². The predicted molar refractivity (Wildman–Crippen MR) is 66.1 cm³/mol. The molecule has 0 spiro atoms. The van der Waals surface area contributed by atoms with Gasteiger partial charge in [-0.3, -0.25) is 4.31 Å². The van der Waals surface area contributed by atoms with E-state index in [1.54, 1.807) is 6.07 Å². The fourth-order valence-corrected chi connectivity index (χ4v) is 3.65. The van der Waals surface area contributed by atoms with Crippen molar-refractivity contribution in [2.75, 3.05) is 22.3 Å². The number of anilines is 2. The van der Waals surface area contributed by atoms with Crippen LogP contribution in [0.1, 0.15) is 17.5 Å². The molecular formula is C11H16N2O2S. The Kier molecular flexibility index (Phi) is 2.58. The van der Waals surface area contributed by atoms with Crippen molar-refractivity contribution in [2.24, 2.45) is 0 Å². The van der Waals surface area contributed by atoms with Gasteiger partial charge in [0.25, 0.3) is 0 Å². The lowest BCUT2D eigenvalue weighted by atomic mass is 10.1. The van der Waals surface area contributed by atoms with Gasteiger partial charge in [-0.2, -0.15) is 0 Å². The molecule has 5 heteroatoms. The molecule has 1 aliphatic rings. The number of benzene rings is 1. The lowest BCUT2D eigenvalue weighted by molar-refractivity contribution is 0.599. The van der Waals surface area contributed by atoms with E-state index in [1.807, 2.05) is 19.9 Å². The molecule has 0 aromatic heterocycles. The van der Waals surface area contributed by atoms with Crippen LogP contribution < -0.4 is 10.0 Å². The zero-order chi connectivity index (χ0) is 11.9. The van der Waals surface area contributed by atoms with Crippen LogP contribution in [0.15, 0.2) is 12.1 Å². The second-order valence-electron chi connectivity index (χ2n) is 4.24. The Morgan fingerprint density at radius 1 is 1.25 bits per heavy atom. The summed E-state index contributed by atoms with van der Waals surface area (Å²) in [5.41, 5.74) is 9.13. The molecular weight excluding hydrogens is 224 g/mol. The highest BCUT2D eigenvalue weighted by Crippen LogP contribution is 2.30. The zero-order valence-corrected chi connectivity index (χ0v) is 10.3. The van der Waals surface area contributed by atoms with Gasteiger partial charge in [0, 0.05) is 12.2 Å². The number of sulfonamides is 1. The van der Waals surface area contributed by atoms with Crippen molar-refractivity contribution in [1.29, 1.82) is 0 Å². The van der Waals surface area contributed by atoms with E-state index >= 15 is 0 Å². The molecule has 1 heterocycles. The monoisotopic (exact) mass is 240 g/mol. The van der Waals surface area contributed by atoms with Crippen molar-refractivity contribution >= 4 is 21.4 Å². The number of aryl methyl sites for hydroxylation is 2. The maximum Gasteiger partial charge on any atom is 0.235 e. The van der Waals surface area contributed by atoms with Crippen LogP contribution in [0.2, 0.25) is 0 Å². The van der Waals surface area contributed by atoms with Gasteiger partial charge in [0.2, 0.25) is 10.0 Å². The maximum absolute atomic E-state index is 11.8. The summed E-state index contributed by atoms with van der Waals surface area (Å²) in [6.07, 6.45) is 0.690. The summed E-state index contributed by atoms with van der Waals surface area (Å²) in [6, 6.07) is 3.69. The van der Waals surface area contributed by atoms with Gasteiger partial charge in [-0.1, -0.05) is 6.07 Å². The van der Waals surface area contributed by atoms with Gasteiger partial charge in [0.1, 0.15) is 0 Å². The minimum absolute atomic E-state index is 0.236. The standard InChI is InChI=1S/C11H16N2O2S/c1-8-6-9(2)11(7-10(8)12)13-4-3-5-16(13,14)15/h6-7H,3-5,12H2,1-2H3. The van der Waals surface area contributed by atoms with Gasteiger partial charge in [-0.05, 0) is 37.5 Å². The van der Waals surface area contributed by atoms with E-state index in [4.69, 9.17) is 5.73 Å². The molecule has 1 aromatic rings. The van der Waals surface area contributed by atoms with Crippen molar-refractivity contribution in [1.82, 2.24) is 0 Å². The molecule has 1 aromatic carbocycles. The Bertz CT molecular complexity index is 523. The molecule has 2 rings (SSSR count). The quantitative estimate of drug-likeness (QED) is 0.755. The SMILES string of the molecule is Cc1cc(C)c(N2CCCS2(=O)=O)cc1N. The largest absolute Gasteiger partial charge is 0.398 e. The lowest BCUT2D eigenvalue weighted by Gasteiger charge is -2.20. The van der Waals surface area contributed by atoms with Crippen LogP contribution in [0, 0.1) is 13.8 Å². The molecule has 0 bridgehead atoms. The average molecular weight is 240 g/mol. The molecule has 0 amide bonds. The van der Waals surface area contributed by atoms with Crippen LogP contribution in [-0.2, 0) is 10.0 Å². The first-order valence-corrected chi connectivity index (χ1v) is 6.90. The first kappa shape index (κ1) is 11.3. The highest BCUT2D eigenvalue weighted by molar-refractivity contribution is 7.93. The first-order chi connectivity index (χ1) is 7.42. The Labute approximate surface area is 96.1 Å². The Morgan fingerprint density at radius 2 is 1.94 bits per heavy atom. The van der Waals surface area contributed by atoms with E-state index in [-0.39, 0.29) is 5.75 Å². The van der Waals surface area contributed by atoms with E-state index < -0.39 is 10.0 Å². The number of nitrogen functional groups attached to an aromatic ring is 1. The third kappa shape index (κ3) is 1.75. The highest BCUT2D eigenvalue weighted by Gasteiger charge is 2.29. The van der Waals surface area contributed by atoms with Crippen molar-refractivity contribution in [2.45, 2.75) is 20.3 Å². The lowest BCUT2D eigenvalue weighted by Crippen LogP contribution is -2.26.